The number of nitrogens with zero attached hydrogens (tertiary/aromatic N) is 1. The summed E-state index contributed by atoms with van der Waals surface area (Å²) in [7, 11) is 0. The Labute approximate surface area is 113 Å². The second-order valence-corrected chi connectivity index (χ2v) is 4.94. The molecule has 4 heteroatoms. The number of aryl methyl sites for hydroxylation is 1. The number of amides is 1. The summed E-state index contributed by atoms with van der Waals surface area (Å²) in [6.45, 7) is 3.00. The molecule has 1 fully saturated rings. The molecule has 0 bridgehead atoms. The highest BCUT2D eigenvalue weighted by atomic mass is 16.5. The summed E-state index contributed by atoms with van der Waals surface area (Å²) in [6, 6.07) is 10.2. The van der Waals surface area contributed by atoms with E-state index in [1.807, 2.05) is 18.2 Å². The molecule has 1 heterocycles. The number of hydrogen-bond donors (Lipinski definition) is 1. The minimum Gasteiger partial charge on any atom is -0.377 e. The molecule has 1 saturated heterocycles. The topological polar surface area (TPSA) is 62.1 Å². The monoisotopic (exact) mass is 258 g/mol. The Balaban J connectivity index is 1.88. The van der Waals surface area contributed by atoms with Crippen LogP contribution in [-0.4, -0.2) is 19.1 Å². The van der Waals surface area contributed by atoms with Crippen LogP contribution >= 0.6 is 0 Å². The first kappa shape index (κ1) is 13.6. The van der Waals surface area contributed by atoms with Crippen LogP contribution in [0, 0.1) is 16.7 Å². The first-order valence-corrected chi connectivity index (χ1v) is 6.55. The molecule has 0 unspecified atom stereocenters. The Morgan fingerprint density at radius 1 is 1.37 bits per heavy atom. The van der Waals surface area contributed by atoms with Crippen molar-refractivity contribution in [3.63, 3.8) is 0 Å². The van der Waals surface area contributed by atoms with Crippen LogP contribution in [0.2, 0.25) is 0 Å². The molecule has 19 heavy (non-hydrogen) atoms. The normalized spacial score (nSPS) is 16.2. The molecule has 0 spiro atoms. The number of nitriles is 1. The summed E-state index contributed by atoms with van der Waals surface area (Å²) in [5.74, 6) is -0.237. The molecule has 0 aromatic heterocycles. The van der Waals surface area contributed by atoms with Gasteiger partial charge in [0.05, 0.1) is 19.3 Å². The highest BCUT2D eigenvalue weighted by Gasteiger charge is 2.46. The molecule has 1 N–H and O–H groups in total. The number of rotatable bonds is 5. The fraction of sp³-hybridized carbons (Fsp3) is 0.467. The third-order valence-electron chi connectivity index (χ3n) is 3.36. The van der Waals surface area contributed by atoms with Crippen molar-refractivity contribution in [1.82, 2.24) is 5.32 Å². The molecular weight excluding hydrogens is 240 g/mol. The van der Waals surface area contributed by atoms with Gasteiger partial charge in [0, 0.05) is 6.54 Å². The van der Waals surface area contributed by atoms with E-state index in [-0.39, 0.29) is 19.1 Å². The number of ether oxygens (including phenoxy) is 1. The Bertz CT molecular complexity index is 484. The number of benzene rings is 1. The van der Waals surface area contributed by atoms with Gasteiger partial charge in [0.2, 0.25) is 5.91 Å². The molecule has 0 saturated carbocycles. The van der Waals surface area contributed by atoms with Crippen molar-refractivity contribution in [3.05, 3.63) is 35.4 Å². The van der Waals surface area contributed by atoms with Gasteiger partial charge < -0.3 is 10.1 Å². The predicted molar refractivity (Wildman–Crippen MR) is 71.1 cm³/mol. The zero-order chi connectivity index (χ0) is 13.7. The lowest BCUT2D eigenvalue weighted by Gasteiger charge is -2.33. The van der Waals surface area contributed by atoms with Gasteiger partial charge in [-0.3, -0.25) is 4.79 Å². The molecule has 1 amide bonds. The van der Waals surface area contributed by atoms with E-state index in [1.165, 1.54) is 5.56 Å². The van der Waals surface area contributed by atoms with Crippen LogP contribution < -0.4 is 5.32 Å². The first-order chi connectivity index (χ1) is 9.20. The van der Waals surface area contributed by atoms with Crippen LogP contribution in [0.1, 0.15) is 24.5 Å². The van der Waals surface area contributed by atoms with Gasteiger partial charge in [0.15, 0.2) is 5.41 Å². The number of hydrogen-bond acceptors (Lipinski definition) is 3. The third-order valence-corrected chi connectivity index (χ3v) is 3.36. The summed E-state index contributed by atoms with van der Waals surface area (Å²) in [5.41, 5.74) is 1.38. The molecule has 4 nitrogen and oxygen atoms in total. The maximum Gasteiger partial charge on any atom is 0.245 e. The first-order valence-electron chi connectivity index (χ1n) is 6.55. The molecule has 1 aliphatic heterocycles. The van der Waals surface area contributed by atoms with E-state index in [1.54, 1.807) is 0 Å². The smallest absolute Gasteiger partial charge is 0.245 e. The summed E-state index contributed by atoms with van der Waals surface area (Å²) in [6.07, 6.45) is 2.20. The van der Waals surface area contributed by atoms with Crippen molar-refractivity contribution in [2.45, 2.75) is 26.3 Å². The Kier molecular flexibility index (Phi) is 4.18. The van der Waals surface area contributed by atoms with Gasteiger partial charge in [0.25, 0.3) is 0 Å². The van der Waals surface area contributed by atoms with Gasteiger partial charge in [-0.25, -0.2) is 0 Å². The van der Waals surface area contributed by atoms with E-state index < -0.39 is 5.41 Å². The van der Waals surface area contributed by atoms with Crippen molar-refractivity contribution in [2.75, 3.05) is 13.2 Å². The lowest BCUT2D eigenvalue weighted by Crippen LogP contribution is -2.52. The summed E-state index contributed by atoms with van der Waals surface area (Å²) >= 11 is 0. The third kappa shape index (κ3) is 2.94. The van der Waals surface area contributed by atoms with Gasteiger partial charge in [-0.1, -0.05) is 37.6 Å². The summed E-state index contributed by atoms with van der Waals surface area (Å²) in [4.78, 5) is 11.9. The Morgan fingerprint density at radius 3 is 2.47 bits per heavy atom. The van der Waals surface area contributed by atoms with Gasteiger partial charge in [-0.05, 0) is 17.5 Å². The number of carbonyl (C=O) groups is 1. The second kappa shape index (κ2) is 5.85. The van der Waals surface area contributed by atoms with Gasteiger partial charge >= 0.3 is 0 Å². The van der Waals surface area contributed by atoms with Gasteiger partial charge in [0.1, 0.15) is 0 Å². The molecule has 0 radical (unpaired) electrons. The quantitative estimate of drug-likeness (QED) is 0.876. The van der Waals surface area contributed by atoms with E-state index in [2.05, 4.69) is 24.4 Å². The molecule has 1 aliphatic rings. The van der Waals surface area contributed by atoms with E-state index in [0.29, 0.717) is 6.54 Å². The minimum absolute atomic E-state index is 0.199. The van der Waals surface area contributed by atoms with Crippen molar-refractivity contribution >= 4 is 5.91 Å². The zero-order valence-electron chi connectivity index (χ0n) is 11.1. The van der Waals surface area contributed by atoms with E-state index in [9.17, 15) is 4.79 Å². The lowest BCUT2D eigenvalue weighted by molar-refractivity contribution is -0.150. The van der Waals surface area contributed by atoms with Crippen molar-refractivity contribution in [2.24, 2.45) is 5.41 Å². The predicted octanol–water partition coefficient (Wildman–Crippen LogP) is 1.80. The van der Waals surface area contributed by atoms with E-state index >= 15 is 0 Å². The van der Waals surface area contributed by atoms with Gasteiger partial charge in [-0.15, -0.1) is 0 Å². The second-order valence-electron chi connectivity index (χ2n) is 4.94. The number of nitrogens with one attached hydrogen (secondary N) is 1. The van der Waals surface area contributed by atoms with Crippen LogP contribution in [0.25, 0.3) is 0 Å². The van der Waals surface area contributed by atoms with Crippen LogP contribution in [0.4, 0.5) is 0 Å². The molecule has 0 atom stereocenters. The maximum atomic E-state index is 11.9. The average Bonchev–Trinajstić information content (AvgIpc) is 2.38. The van der Waals surface area contributed by atoms with Crippen LogP contribution in [0.5, 0.6) is 0 Å². The SMILES string of the molecule is CCCc1ccc(CNC(=O)C2(C#N)COC2)cc1. The largest absolute Gasteiger partial charge is 0.377 e. The fourth-order valence-electron chi connectivity index (χ4n) is 2.02. The fourth-order valence-corrected chi connectivity index (χ4v) is 2.02. The van der Waals surface area contributed by atoms with Crippen LogP contribution in [0.3, 0.4) is 0 Å². The molecule has 1 aromatic rings. The zero-order valence-corrected chi connectivity index (χ0v) is 11.1. The lowest BCUT2D eigenvalue weighted by atomic mass is 9.87. The highest BCUT2D eigenvalue weighted by Crippen LogP contribution is 2.26. The Hall–Kier alpha value is -1.86. The standard InChI is InChI=1S/C15H18N2O2/c1-2-3-12-4-6-13(7-5-12)8-17-14(18)15(9-16)10-19-11-15/h4-7H,2-3,8,10-11H2,1H3,(H,17,18). The molecular formula is C15H18N2O2. The van der Waals surface area contributed by atoms with E-state index in [0.717, 1.165) is 18.4 Å². The minimum atomic E-state index is -0.970. The highest BCUT2D eigenvalue weighted by molar-refractivity contribution is 5.86. The molecule has 0 aliphatic carbocycles. The van der Waals surface area contributed by atoms with Crippen molar-refractivity contribution < 1.29 is 9.53 Å². The van der Waals surface area contributed by atoms with Crippen LogP contribution in [0.15, 0.2) is 24.3 Å². The maximum absolute atomic E-state index is 11.9. The van der Waals surface area contributed by atoms with Crippen molar-refractivity contribution in [3.8, 4) is 6.07 Å². The summed E-state index contributed by atoms with van der Waals surface area (Å²) < 4.78 is 4.96. The average molecular weight is 258 g/mol. The van der Waals surface area contributed by atoms with Crippen LogP contribution in [-0.2, 0) is 22.5 Å². The van der Waals surface area contributed by atoms with Crippen molar-refractivity contribution in [1.29, 1.82) is 5.26 Å². The molecule has 100 valence electrons. The molecule has 1 aromatic carbocycles. The molecule has 2 rings (SSSR count). The summed E-state index contributed by atoms with van der Waals surface area (Å²) in [5, 5.41) is 11.8. The Morgan fingerprint density at radius 2 is 2.00 bits per heavy atom. The van der Waals surface area contributed by atoms with E-state index in [4.69, 9.17) is 10.00 Å². The van der Waals surface area contributed by atoms with Gasteiger partial charge in [-0.2, -0.15) is 5.26 Å². The number of carbonyl (C=O) groups excluding carboxylic acids is 1.